The summed E-state index contributed by atoms with van der Waals surface area (Å²) in [5.41, 5.74) is 0. The summed E-state index contributed by atoms with van der Waals surface area (Å²) in [7, 11) is 0. The van der Waals surface area contributed by atoms with E-state index in [1.165, 1.54) is 58.2 Å². The molecular weight excluding hydrogens is 266 g/mol. The summed E-state index contributed by atoms with van der Waals surface area (Å²) in [5, 5.41) is 7.02. The summed E-state index contributed by atoms with van der Waals surface area (Å²) in [4.78, 5) is 2.55. The van der Waals surface area contributed by atoms with Gasteiger partial charge >= 0.3 is 0 Å². The van der Waals surface area contributed by atoms with Crippen molar-refractivity contribution in [1.29, 1.82) is 0 Å². The van der Waals surface area contributed by atoms with Gasteiger partial charge in [-0.25, -0.2) is 0 Å². The molecule has 0 aromatic rings. The predicted octanol–water partition coefficient (Wildman–Crippen LogP) is 2.78. The second-order valence-corrected chi connectivity index (χ2v) is 5.93. The van der Waals surface area contributed by atoms with Crippen LogP contribution in [-0.2, 0) is 0 Å². The molecule has 0 fully saturated rings. The number of rotatable bonds is 16. The lowest BCUT2D eigenvalue weighted by atomic mass is 10.3. The summed E-state index contributed by atoms with van der Waals surface area (Å²) >= 11 is 4.34. The highest BCUT2D eigenvalue weighted by atomic mass is 32.1. The van der Waals surface area contributed by atoms with Crippen LogP contribution in [0.2, 0.25) is 0 Å². The molecule has 0 amide bonds. The molecule has 0 rings (SSSR count). The number of nitrogens with zero attached hydrogens (tertiary/aromatic N) is 1. The Labute approximate surface area is 132 Å². The Kier molecular flexibility index (Phi) is 17.5. The fourth-order valence-corrected chi connectivity index (χ4v) is 2.46. The number of unbranched alkanes of at least 4 members (excludes halogenated alkanes) is 2. The van der Waals surface area contributed by atoms with Gasteiger partial charge in [0.2, 0.25) is 0 Å². The lowest BCUT2D eigenvalue weighted by Gasteiger charge is -2.21. The number of nitrogens with one attached hydrogen (secondary N) is 2. The second kappa shape index (κ2) is 17.3. The number of hydrogen-bond acceptors (Lipinski definition) is 4. The molecule has 2 N–H and O–H groups in total. The van der Waals surface area contributed by atoms with Crippen LogP contribution in [0, 0.1) is 0 Å². The molecule has 20 heavy (non-hydrogen) atoms. The summed E-state index contributed by atoms with van der Waals surface area (Å²) < 4.78 is 0. The molecule has 0 bridgehead atoms. The van der Waals surface area contributed by atoms with E-state index in [0.717, 1.165) is 31.9 Å². The Morgan fingerprint density at radius 3 is 1.85 bits per heavy atom. The van der Waals surface area contributed by atoms with E-state index in [2.05, 4.69) is 42.0 Å². The van der Waals surface area contributed by atoms with Gasteiger partial charge in [-0.3, -0.25) is 0 Å². The standard InChI is InChI=1S/C16H37N3S/c1-3-5-9-17-10-7-11-18-12-8-14-19(15-16-20)13-6-4-2/h17-18,20H,3-16H2,1-2H3. The van der Waals surface area contributed by atoms with E-state index in [1.807, 2.05) is 0 Å². The van der Waals surface area contributed by atoms with E-state index < -0.39 is 0 Å². The van der Waals surface area contributed by atoms with Crippen LogP contribution in [0.15, 0.2) is 0 Å². The number of thiol groups is 1. The third-order valence-corrected chi connectivity index (χ3v) is 3.69. The largest absolute Gasteiger partial charge is 0.317 e. The van der Waals surface area contributed by atoms with Crippen LogP contribution in [0.4, 0.5) is 0 Å². The Morgan fingerprint density at radius 1 is 0.700 bits per heavy atom. The molecular formula is C16H37N3S. The Hall–Kier alpha value is 0.230. The van der Waals surface area contributed by atoms with Crippen molar-refractivity contribution in [3.8, 4) is 0 Å². The van der Waals surface area contributed by atoms with Crippen LogP contribution in [0.3, 0.4) is 0 Å². The van der Waals surface area contributed by atoms with Crippen molar-refractivity contribution >= 4 is 12.6 Å². The summed E-state index contributed by atoms with van der Waals surface area (Å²) in [6, 6.07) is 0. The third-order valence-electron chi connectivity index (χ3n) is 3.49. The van der Waals surface area contributed by atoms with Crippen molar-refractivity contribution < 1.29 is 0 Å². The van der Waals surface area contributed by atoms with Crippen molar-refractivity contribution in [2.75, 3.05) is 51.6 Å². The van der Waals surface area contributed by atoms with Gasteiger partial charge in [-0.05, 0) is 65.0 Å². The third kappa shape index (κ3) is 14.6. The SMILES string of the molecule is CCCCNCCCNCCCN(CCS)CCCC. The highest BCUT2D eigenvalue weighted by molar-refractivity contribution is 7.80. The Balaban J connectivity index is 3.27. The van der Waals surface area contributed by atoms with E-state index in [0.29, 0.717) is 0 Å². The lowest BCUT2D eigenvalue weighted by molar-refractivity contribution is 0.281. The molecule has 0 aliphatic carbocycles. The van der Waals surface area contributed by atoms with Crippen LogP contribution >= 0.6 is 12.6 Å². The minimum Gasteiger partial charge on any atom is -0.317 e. The van der Waals surface area contributed by atoms with E-state index in [1.54, 1.807) is 0 Å². The fraction of sp³-hybridized carbons (Fsp3) is 1.00. The maximum Gasteiger partial charge on any atom is 0.00698 e. The lowest BCUT2D eigenvalue weighted by Crippen LogP contribution is -2.31. The van der Waals surface area contributed by atoms with Gasteiger partial charge in [0.05, 0.1) is 0 Å². The molecule has 0 saturated carbocycles. The topological polar surface area (TPSA) is 27.3 Å². The Morgan fingerprint density at radius 2 is 1.25 bits per heavy atom. The molecule has 0 heterocycles. The van der Waals surface area contributed by atoms with Gasteiger partial charge in [0.15, 0.2) is 0 Å². The fourth-order valence-electron chi connectivity index (χ4n) is 2.18. The van der Waals surface area contributed by atoms with Crippen LogP contribution in [0.5, 0.6) is 0 Å². The average Bonchev–Trinajstić information content (AvgIpc) is 2.46. The monoisotopic (exact) mass is 303 g/mol. The zero-order valence-corrected chi connectivity index (χ0v) is 14.7. The van der Waals surface area contributed by atoms with Gasteiger partial charge in [0.1, 0.15) is 0 Å². The summed E-state index contributed by atoms with van der Waals surface area (Å²) in [6.07, 6.45) is 7.66. The molecule has 0 aliphatic rings. The molecule has 0 aromatic heterocycles. The number of hydrogen-bond donors (Lipinski definition) is 3. The van der Waals surface area contributed by atoms with Gasteiger partial charge in [-0.2, -0.15) is 12.6 Å². The molecule has 0 atom stereocenters. The minimum absolute atomic E-state index is 0.973. The first kappa shape index (κ1) is 20.2. The first-order valence-electron chi connectivity index (χ1n) is 8.59. The maximum absolute atomic E-state index is 4.34. The van der Waals surface area contributed by atoms with Crippen LogP contribution in [-0.4, -0.2) is 56.5 Å². The van der Waals surface area contributed by atoms with Crippen LogP contribution in [0.1, 0.15) is 52.4 Å². The first-order chi connectivity index (χ1) is 9.85. The molecule has 4 heteroatoms. The minimum atomic E-state index is 0.973. The highest BCUT2D eigenvalue weighted by Crippen LogP contribution is 1.97. The van der Waals surface area contributed by atoms with E-state index in [-0.39, 0.29) is 0 Å². The normalized spacial score (nSPS) is 11.4. The van der Waals surface area contributed by atoms with Crippen LogP contribution < -0.4 is 10.6 Å². The zero-order valence-electron chi connectivity index (χ0n) is 13.8. The van der Waals surface area contributed by atoms with Crippen molar-refractivity contribution in [2.45, 2.75) is 52.4 Å². The van der Waals surface area contributed by atoms with E-state index in [4.69, 9.17) is 0 Å². The molecule has 122 valence electrons. The second-order valence-electron chi connectivity index (χ2n) is 5.48. The Bertz CT molecular complexity index is 179. The van der Waals surface area contributed by atoms with Crippen molar-refractivity contribution in [1.82, 2.24) is 15.5 Å². The first-order valence-corrected chi connectivity index (χ1v) is 9.23. The van der Waals surface area contributed by atoms with Crippen molar-refractivity contribution in [3.63, 3.8) is 0 Å². The summed E-state index contributed by atoms with van der Waals surface area (Å²) in [5.74, 6) is 0.973. The van der Waals surface area contributed by atoms with Gasteiger partial charge in [0, 0.05) is 12.3 Å². The van der Waals surface area contributed by atoms with E-state index >= 15 is 0 Å². The molecule has 0 saturated heterocycles. The van der Waals surface area contributed by atoms with E-state index in [9.17, 15) is 0 Å². The average molecular weight is 304 g/mol. The molecule has 0 radical (unpaired) electrons. The van der Waals surface area contributed by atoms with Gasteiger partial charge < -0.3 is 15.5 Å². The molecule has 0 aromatic carbocycles. The van der Waals surface area contributed by atoms with Gasteiger partial charge in [-0.1, -0.05) is 26.7 Å². The highest BCUT2D eigenvalue weighted by Gasteiger charge is 2.02. The smallest absolute Gasteiger partial charge is 0.00698 e. The zero-order chi connectivity index (χ0) is 14.9. The van der Waals surface area contributed by atoms with Crippen molar-refractivity contribution in [3.05, 3.63) is 0 Å². The molecule has 0 aliphatic heterocycles. The summed E-state index contributed by atoms with van der Waals surface area (Å²) in [6.45, 7) is 12.7. The van der Waals surface area contributed by atoms with Crippen LogP contribution in [0.25, 0.3) is 0 Å². The maximum atomic E-state index is 4.34. The molecule has 0 unspecified atom stereocenters. The van der Waals surface area contributed by atoms with Gasteiger partial charge in [0.25, 0.3) is 0 Å². The molecule has 3 nitrogen and oxygen atoms in total. The predicted molar refractivity (Wildman–Crippen MR) is 95.1 cm³/mol. The van der Waals surface area contributed by atoms with Crippen molar-refractivity contribution in [2.24, 2.45) is 0 Å². The van der Waals surface area contributed by atoms with Gasteiger partial charge in [-0.15, -0.1) is 0 Å². The quantitative estimate of drug-likeness (QED) is 0.302. The molecule has 0 spiro atoms.